The van der Waals surface area contributed by atoms with Crippen molar-refractivity contribution in [3.63, 3.8) is 0 Å². The molecule has 0 aromatic heterocycles. The first-order valence-corrected chi connectivity index (χ1v) is 9.62. The summed E-state index contributed by atoms with van der Waals surface area (Å²) in [6, 6.07) is 13.8. The van der Waals surface area contributed by atoms with Crippen LogP contribution < -0.4 is 0 Å². The van der Waals surface area contributed by atoms with E-state index in [1.54, 1.807) is 0 Å². The molecule has 2 atom stereocenters. The Balaban J connectivity index is 1.33. The van der Waals surface area contributed by atoms with Gasteiger partial charge in [-0.1, -0.05) is 55.3 Å². The van der Waals surface area contributed by atoms with Gasteiger partial charge < -0.3 is 4.74 Å². The average molecular weight is 365 g/mol. The van der Waals surface area contributed by atoms with E-state index in [-0.39, 0.29) is 43.2 Å². The number of hydrogen-bond donors (Lipinski definition) is 0. The van der Waals surface area contributed by atoms with Crippen molar-refractivity contribution >= 4 is 28.6 Å². The lowest BCUT2D eigenvalue weighted by molar-refractivity contribution is -0.146. The summed E-state index contributed by atoms with van der Waals surface area (Å²) in [4.78, 5) is 38.3. The molecule has 2 amide bonds. The monoisotopic (exact) mass is 365 g/mol. The van der Waals surface area contributed by atoms with Crippen molar-refractivity contribution in [2.45, 2.75) is 38.7 Å². The molecule has 2 fully saturated rings. The van der Waals surface area contributed by atoms with Crippen LogP contribution in [0.1, 0.15) is 37.7 Å². The van der Waals surface area contributed by atoms with Crippen molar-refractivity contribution < 1.29 is 19.1 Å². The fourth-order valence-electron chi connectivity index (χ4n) is 4.30. The Bertz CT molecular complexity index is 862. The summed E-state index contributed by atoms with van der Waals surface area (Å²) in [5.41, 5.74) is 0.945. The number of imide groups is 1. The Morgan fingerprint density at radius 2 is 1.63 bits per heavy atom. The summed E-state index contributed by atoms with van der Waals surface area (Å²) in [7, 11) is 0. The maximum absolute atomic E-state index is 12.4. The quantitative estimate of drug-likeness (QED) is 0.601. The molecule has 2 aliphatic rings. The highest BCUT2D eigenvalue weighted by Crippen LogP contribution is 2.38. The minimum Gasteiger partial charge on any atom is -0.461 e. The molecule has 4 rings (SSSR count). The smallest absolute Gasteiger partial charge is 0.307 e. The maximum Gasteiger partial charge on any atom is 0.307 e. The third kappa shape index (κ3) is 3.46. The number of amides is 2. The molecule has 2 aromatic carbocycles. The molecule has 1 aliphatic carbocycles. The second-order valence-corrected chi connectivity index (χ2v) is 7.37. The number of hydrogen-bond acceptors (Lipinski definition) is 4. The first kappa shape index (κ1) is 17.7. The largest absolute Gasteiger partial charge is 0.461 e. The summed E-state index contributed by atoms with van der Waals surface area (Å²) >= 11 is 0. The van der Waals surface area contributed by atoms with Crippen LogP contribution in [0.2, 0.25) is 0 Å². The van der Waals surface area contributed by atoms with Crippen LogP contribution in [0.5, 0.6) is 0 Å². The Hall–Kier alpha value is -2.69. The van der Waals surface area contributed by atoms with E-state index in [0.717, 1.165) is 42.0 Å². The first-order chi connectivity index (χ1) is 13.1. The third-order valence-electron chi connectivity index (χ3n) is 5.74. The summed E-state index contributed by atoms with van der Waals surface area (Å²) in [5, 5.41) is 2.16. The maximum atomic E-state index is 12.4. The molecule has 5 heteroatoms. The lowest BCUT2D eigenvalue weighted by atomic mass is 9.81. The van der Waals surface area contributed by atoms with Crippen molar-refractivity contribution in [3.05, 3.63) is 48.0 Å². The normalized spacial score (nSPS) is 22.1. The van der Waals surface area contributed by atoms with Crippen LogP contribution in [0.3, 0.4) is 0 Å². The molecule has 0 bridgehead atoms. The van der Waals surface area contributed by atoms with E-state index >= 15 is 0 Å². The number of ether oxygens (including phenoxy) is 1. The van der Waals surface area contributed by atoms with Gasteiger partial charge in [0.15, 0.2) is 0 Å². The van der Waals surface area contributed by atoms with Crippen LogP contribution >= 0.6 is 0 Å². The molecule has 0 spiro atoms. The molecule has 1 heterocycles. The molecule has 27 heavy (non-hydrogen) atoms. The van der Waals surface area contributed by atoms with E-state index in [1.807, 2.05) is 42.5 Å². The van der Waals surface area contributed by atoms with Gasteiger partial charge in [0.1, 0.15) is 6.61 Å². The van der Waals surface area contributed by atoms with Gasteiger partial charge in [-0.15, -0.1) is 0 Å². The number of carbonyl (C=O) groups is 3. The van der Waals surface area contributed by atoms with Crippen LogP contribution in [0.15, 0.2) is 42.5 Å². The van der Waals surface area contributed by atoms with Crippen molar-refractivity contribution in [1.29, 1.82) is 0 Å². The number of benzene rings is 2. The number of carbonyl (C=O) groups excluding carboxylic acids is 3. The number of fused-ring (bicyclic) bond motifs is 2. The standard InChI is InChI=1S/C22H23NO4/c24-20(27-14-16-8-5-7-15-6-1-2-9-17(15)16)12-13-23-21(25)18-10-3-4-11-19(18)22(23)26/h1-2,5-9,18-19H,3-4,10-14H2/t18-,19+. The van der Waals surface area contributed by atoms with E-state index in [2.05, 4.69) is 0 Å². The van der Waals surface area contributed by atoms with Crippen molar-refractivity contribution in [3.8, 4) is 0 Å². The summed E-state index contributed by atoms with van der Waals surface area (Å²) in [6.45, 7) is 0.312. The van der Waals surface area contributed by atoms with Crippen molar-refractivity contribution in [2.24, 2.45) is 11.8 Å². The number of rotatable bonds is 5. The first-order valence-electron chi connectivity index (χ1n) is 9.62. The SMILES string of the molecule is O=C(CCN1C(=O)[C@H]2CCCC[C@H]2C1=O)OCc1cccc2ccccc12. The molecule has 1 saturated heterocycles. The lowest BCUT2D eigenvalue weighted by Crippen LogP contribution is -2.33. The lowest BCUT2D eigenvalue weighted by Gasteiger charge is -2.19. The second kappa shape index (κ2) is 7.51. The Labute approximate surface area is 158 Å². The molecule has 0 radical (unpaired) electrons. The van der Waals surface area contributed by atoms with Crippen LogP contribution in [0.25, 0.3) is 10.8 Å². The van der Waals surface area contributed by atoms with Gasteiger partial charge in [-0.05, 0) is 29.2 Å². The zero-order chi connectivity index (χ0) is 18.8. The summed E-state index contributed by atoms with van der Waals surface area (Å²) in [5.74, 6) is -0.938. The van der Waals surface area contributed by atoms with Crippen LogP contribution in [0, 0.1) is 11.8 Å². The van der Waals surface area contributed by atoms with Crippen LogP contribution in [-0.4, -0.2) is 29.2 Å². The van der Waals surface area contributed by atoms with Gasteiger partial charge in [-0.25, -0.2) is 0 Å². The molecule has 1 saturated carbocycles. The van der Waals surface area contributed by atoms with Gasteiger partial charge in [-0.2, -0.15) is 0 Å². The van der Waals surface area contributed by atoms with E-state index < -0.39 is 5.97 Å². The Kier molecular flexibility index (Phi) is 4.92. The van der Waals surface area contributed by atoms with Gasteiger partial charge in [0.05, 0.1) is 18.3 Å². The molecule has 1 aliphatic heterocycles. The van der Waals surface area contributed by atoms with Crippen molar-refractivity contribution in [1.82, 2.24) is 4.90 Å². The number of likely N-dealkylation sites (tertiary alicyclic amines) is 1. The molecule has 2 aromatic rings. The molecule has 0 unspecified atom stereocenters. The molecule has 5 nitrogen and oxygen atoms in total. The molecular weight excluding hydrogens is 342 g/mol. The molecular formula is C22H23NO4. The van der Waals surface area contributed by atoms with Gasteiger partial charge >= 0.3 is 5.97 Å². The van der Waals surface area contributed by atoms with Gasteiger partial charge in [0, 0.05) is 6.54 Å². The second-order valence-electron chi connectivity index (χ2n) is 7.37. The number of esters is 1. The summed E-state index contributed by atoms with van der Waals surface area (Å²) in [6.07, 6.45) is 3.62. The van der Waals surface area contributed by atoms with Gasteiger partial charge in [0.25, 0.3) is 0 Å². The average Bonchev–Trinajstić information content (AvgIpc) is 2.95. The Morgan fingerprint density at radius 1 is 0.963 bits per heavy atom. The van der Waals surface area contributed by atoms with Crippen LogP contribution in [-0.2, 0) is 25.7 Å². The Morgan fingerprint density at radius 3 is 2.37 bits per heavy atom. The van der Waals surface area contributed by atoms with E-state index in [1.165, 1.54) is 4.90 Å². The topological polar surface area (TPSA) is 63.7 Å². The fraction of sp³-hybridized carbons (Fsp3) is 0.409. The highest BCUT2D eigenvalue weighted by atomic mass is 16.5. The minimum absolute atomic E-state index is 0.0433. The molecule has 0 N–H and O–H groups in total. The van der Waals surface area contributed by atoms with Gasteiger partial charge in [-0.3, -0.25) is 19.3 Å². The highest BCUT2D eigenvalue weighted by Gasteiger charge is 2.47. The fourth-order valence-corrected chi connectivity index (χ4v) is 4.30. The zero-order valence-corrected chi connectivity index (χ0v) is 15.2. The van der Waals surface area contributed by atoms with Crippen LogP contribution in [0.4, 0.5) is 0 Å². The van der Waals surface area contributed by atoms with Gasteiger partial charge in [0.2, 0.25) is 11.8 Å². The number of nitrogens with zero attached hydrogens (tertiary/aromatic N) is 1. The highest BCUT2D eigenvalue weighted by molar-refractivity contribution is 6.05. The predicted octanol–water partition coefficient (Wildman–Crippen LogP) is 3.45. The minimum atomic E-state index is -0.390. The third-order valence-corrected chi connectivity index (χ3v) is 5.74. The van der Waals surface area contributed by atoms with E-state index in [4.69, 9.17) is 4.74 Å². The predicted molar refractivity (Wildman–Crippen MR) is 101 cm³/mol. The van der Waals surface area contributed by atoms with E-state index in [0.29, 0.717) is 0 Å². The molecule has 140 valence electrons. The van der Waals surface area contributed by atoms with E-state index in [9.17, 15) is 14.4 Å². The zero-order valence-electron chi connectivity index (χ0n) is 15.2. The summed E-state index contributed by atoms with van der Waals surface area (Å²) < 4.78 is 5.40. The van der Waals surface area contributed by atoms with Crippen molar-refractivity contribution in [2.75, 3.05) is 6.54 Å².